The van der Waals surface area contributed by atoms with E-state index in [-0.39, 0.29) is 10.7 Å². The second-order valence-corrected chi connectivity index (χ2v) is 6.69. The Balaban J connectivity index is 2.29. The van der Waals surface area contributed by atoms with Crippen molar-refractivity contribution in [1.29, 1.82) is 0 Å². The monoisotopic (exact) mass is 288 g/mol. The summed E-state index contributed by atoms with van der Waals surface area (Å²) in [5, 5.41) is 0. The molecule has 0 saturated carbocycles. The van der Waals surface area contributed by atoms with Crippen LogP contribution in [-0.2, 0) is 16.3 Å². The van der Waals surface area contributed by atoms with E-state index in [1.54, 1.807) is 24.3 Å². The number of carbonyl (C=O) groups is 1. The van der Waals surface area contributed by atoms with Crippen LogP contribution in [0.2, 0.25) is 0 Å². The number of benzene rings is 2. The maximum atomic E-state index is 12.3. The number of rotatable bonds is 4. The molecular weight excluding hydrogens is 272 g/mol. The number of hydrogen-bond donors (Lipinski definition) is 0. The zero-order valence-corrected chi connectivity index (χ0v) is 12.3. The lowest BCUT2D eigenvalue weighted by Gasteiger charge is -2.04. The minimum atomic E-state index is -3.23. The standard InChI is InChI=1S/C16H16O3S/c1-3-12-4-6-13(7-5-12)16(17)14-8-10-15(11-9-14)20(2,18)19/h4-11H,3H2,1-2H3. The summed E-state index contributed by atoms with van der Waals surface area (Å²) in [5.74, 6) is -0.104. The van der Waals surface area contributed by atoms with Gasteiger partial charge in [-0.15, -0.1) is 0 Å². The molecule has 0 saturated heterocycles. The second-order valence-electron chi connectivity index (χ2n) is 4.68. The molecule has 2 rings (SSSR count). The number of ketones is 1. The summed E-state index contributed by atoms with van der Waals surface area (Å²) in [7, 11) is -3.23. The van der Waals surface area contributed by atoms with Gasteiger partial charge in [-0.2, -0.15) is 0 Å². The van der Waals surface area contributed by atoms with Gasteiger partial charge in [0.25, 0.3) is 0 Å². The van der Waals surface area contributed by atoms with E-state index in [0.717, 1.165) is 12.7 Å². The highest BCUT2D eigenvalue weighted by Crippen LogP contribution is 2.15. The molecule has 0 unspecified atom stereocenters. The van der Waals surface area contributed by atoms with E-state index in [0.29, 0.717) is 11.1 Å². The normalized spacial score (nSPS) is 11.3. The minimum absolute atomic E-state index is 0.104. The fourth-order valence-corrected chi connectivity index (χ4v) is 2.54. The minimum Gasteiger partial charge on any atom is -0.289 e. The highest BCUT2D eigenvalue weighted by molar-refractivity contribution is 7.90. The molecular formula is C16H16O3S. The smallest absolute Gasteiger partial charge is 0.193 e. The van der Waals surface area contributed by atoms with Gasteiger partial charge in [-0.25, -0.2) is 8.42 Å². The van der Waals surface area contributed by atoms with Crippen LogP contribution in [0.5, 0.6) is 0 Å². The topological polar surface area (TPSA) is 51.2 Å². The van der Waals surface area contributed by atoms with Crippen molar-refractivity contribution < 1.29 is 13.2 Å². The molecule has 0 fully saturated rings. The Hall–Kier alpha value is -1.94. The Bertz CT molecular complexity index is 711. The first kappa shape index (κ1) is 14.5. The van der Waals surface area contributed by atoms with Gasteiger partial charge in [0.2, 0.25) is 0 Å². The Morgan fingerprint density at radius 2 is 1.35 bits per heavy atom. The van der Waals surface area contributed by atoms with Crippen molar-refractivity contribution in [2.24, 2.45) is 0 Å². The van der Waals surface area contributed by atoms with E-state index in [1.807, 2.05) is 12.1 Å². The van der Waals surface area contributed by atoms with Gasteiger partial charge in [0.15, 0.2) is 15.6 Å². The van der Waals surface area contributed by atoms with Gasteiger partial charge < -0.3 is 0 Å². The number of carbonyl (C=O) groups excluding carboxylic acids is 1. The third kappa shape index (κ3) is 3.14. The van der Waals surface area contributed by atoms with Crippen LogP contribution in [0, 0.1) is 0 Å². The van der Waals surface area contributed by atoms with E-state index < -0.39 is 9.84 Å². The SMILES string of the molecule is CCc1ccc(C(=O)c2ccc(S(C)(=O)=O)cc2)cc1. The van der Waals surface area contributed by atoms with Crippen LogP contribution in [0.3, 0.4) is 0 Å². The molecule has 20 heavy (non-hydrogen) atoms. The van der Waals surface area contributed by atoms with Crippen LogP contribution in [-0.4, -0.2) is 20.5 Å². The van der Waals surface area contributed by atoms with Gasteiger partial charge in [0.1, 0.15) is 0 Å². The van der Waals surface area contributed by atoms with Crippen LogP contribution in [0.4, 0.5) is 0 Å². The molecule has 104 valence electrons. The first-order valence-corrected chi connectivity index (χ1v) is 8.24. The predicted molar refractivity (Wildman–Crippen MR) is 78.8 cm³/mol. The highest BCUT2D eigenvalue weighted by Gasteiger charge is 2.11. The van der Waals surface area contributed by atoms with Crippen molar-refractivity contribution in [1.82, 2.24) is 0 Å². The molecule has 4 heteroatoms. The predicted octanol–water partition coefficient (Wildman–Crippen LogP) is 2.88. The molecule has 0 bridgehead atoms. The van der Waals surface area contributed by atoms with Gasteiger partial charge in [0.05, 0.1) is 4.90 Å². The Kier molecular flexibility index (Phi) is 4.04. The number of aryl methyl sites for hydroxylation is 1. The van der Waals surface area contributed by atoms with Gasteiger partial charge in [0, 0.05) is 17.4 Å². The molecule has 0 spiro atoms. The van der Waals surface area contributed by atoms with Crippen LogP contribution in [0.1, 0.15) is 28.4 Å². The Labute approximate surface area is 119 Å². The lowest BCUT2D eigenvalue weighted by atomic mass is 10.0. The zero-order chi connectivity index (χ0) is 14.8. The van der Waals surface area contributed by atoms with E-state index in [9.17, 15) is 13.2 Å². The average molecular weight is 288 g/mol. The third-order valence-corrected chi connectivity index (χ3v) is 4.30. The summed E-state index contributed by atoms with van der Waals surface area (Å²) in [4.78, 5) is 12.5. The average Bonchev–Trinajstić information content (AvgIpc) is 2.46. The van der Waals surface area contributed by atoms with Crippen molar-refractivity contribution in [3.8, 4) is 0 Å². The summed E-state index contributed by atoms with van der Waals surface area (Å²) < 4.78 is 22.7. The number of hydrogen-bond acceptors (Lipinski definition) is 3. The van der Waals surface area contributed by atoms with Gasteiger partial charge >= 0.3 is 0 Å². The van der Waals surface area contributed by atoms with Crippen molar-refractivity contribution in [3.63, 3.8) is 0 Å². The maximum Gasteiger partial charge on any atom is 0.193 e. The molecule has 0 radical (unpaired) electrons. The quantitative estimate of drug-likeness (QED) is 0.813. The van der Waals surface area contributed by atoms with Crippen LogP contribution in [0.15, 0.2) is 53.4 Å². The molecule has 0 aromatic heterocycles. The van der Waals surface area contributed by atoms with E-state index in [4.69, 9.17) is 0 Å². The third-order valence-electron chi connectivity index (χ3n) is 3.17. The fraction of sp³-hybridized carbons (Fsp3) is 0.188. The van der Waals surface area contributed by atoms with Crippen molar-refractivity contribution in [3.05, 3.63) is 65.2 Å². The van der Waals surface area contributed by atoms with E-state index in [1.165, 1.54) is 17.7 Å². The molecule has 0 N–H and O–H groups in total. The summed E-state index contributed by atoms with van der Waals surface area (Å²) in [6.07, 6.45) is 2.07. The summed E-state index contributed by atoms with van der Waals surface area (Å²) in [6, 6.07) is 13.5. The highest BCUT2D eigenvalue weighted by atomic mass is 32.2. The van der Waals surface area contributed by atoms with Crippen molar-refractivity contribution >= 4 is 15.6 Å². The van der Waals surface area contributed by atoms with Crippen molar-refractivity contribution in [2.75, 3.05) is 6.26 Å². The lowest BCUT2D eigenvalue weighted by Crippen LogP contribution is -2.03. The molecule has 2 aromatic carbocycles. The van der Waals surface area contributed by atoms with E-state index in [2.05, 4.69) is 6.92 Å². The summed E-state index contributed by atoms with van der Waals surface area (Å²) >= 11 is 0. The molecule has 3 nitrogen and oxygen atoms in total. The zero-order valence-electron chi connectivity index (χ0n) is 11.5. The van der Waals surface area contributed by atoms with Gasteiger partial charge in [-0.3, -0.25) is 4.79 Å². The van der Waals surface area contributed by atoms with E-state index >= 15 is 0 Å². The molecule has 2 aromatic rings. The van der Waals surface area contributed by atoms with Gasteiger partial charge in [-0.1, -0.05) is 31.2 Å². The first-order chi connectivity index (χ1) is 9.41. The molecule has 0 atom stereocenters. The summed E-state index contributed by atoms with van der Waals surface area (Å²) in [6.45, 7) is 2.06. The molecule has 0 heterocycles. The van der Waals surface area contributed by atoms with Crippen molar-refractivity contribution in [2.45, 2.75) is 18.2 Å². The largest absolute Gasteiger partial charge is 0.289 e. The number of sulfone groups is 1. The van der Waals surface area contributed by atoms with Crippen LogP contribution < -0.4 is 0 Å². The lowest BCUT2D eigenvalue weighted by molar-refractivity contribution is 0.103. The molecule has 0 aliphatic rings. The van der Waals surface area contributed by atoms with Gasteiger partial charge in [-0.05, 0) is 36.2 Å². The fourth-order valence-electron chi connectivity index (χ4n) is 1.91. The summed E-state index contributed by atoms with van der Waals surface area (Å²) in [5.41, 5.74) is 2.27. The second kappa shape index (κ2) is 5.59. The van der Waals surface area contributed by atoms with Crippen LogP contribution in [0.25, 0.3) is 0 Å². The molecule has 0 amide bonds. The molecule has 0 aliphatic carbocycles. The maximum absolute atomic E-state index is 12.3. The van der Waals surface area contributed by atoms with Crippen LogP contribution >= 0.6 is 0 Å². The Morgan fingerprint density at radius 1 is 0.900 bits per heavy atom. The first-order valence-electron chi connectivity index (χ1n) is 6.35. The Morgan fingerprint density at radius 3 is 1.75 bits per heavy atom. The molecule has 0 aliphatic heterocycles.